The van der Waals surface area contributed by atoms with Gasteiger partial charge in [0.25, 0.3) is 0 Å². The fourth-order valence-corrected chi connectivity index (χ4v) is 3.54. The highest BCUT2D eigenvalue weighted by molar-refractivity contribution is 7.90. The number of sulfone groups is 1. The first kappa shape index (κ1) is 15.4. The number of rotatable bonds is 4. The van der Waals surface area contributed by atoms with Crippen LogP contribution in [0.5, 0.6) is 0 Å². The van der Waals surface area contributed by atoms with E-state index in [-0.39, 0.29) is 10.9 Å². The van der Waals surface area contributed by atoms with E-state index in [9.17, 15) is 8.42 Å². The summed E-state index contributed by atoms with van der Waals surface area (Å²) in [4.78, 5) is 2.69. The van der Waals surface area contributed by atoms with Crippen molar-refractivity contribution in [1.82, 2.24) is 0 Å². The third kappa shape index (κ3) is 3.53. The molecule has 0 radical (unpaired) electrons. The lowest BCUT2D eigenvalue weighted by atomic mass is 10.2. The highest BCUT2D eigenvalue weighted by Gasteiger charge is 2.13. The van der Waals surface area contributed by atoms with Crippen molar-refractivity contribution in [2.45, 2.75) is 24.8 Å². The van der Waals surface area contributed by atoms with E-state index < -0.39 is 9.84 Å². The van der Waals surface area contributed by atoms with Gasteiger partial charge in [-0.2, -0.15) is 0 Å². The molecule has 1 N–H and O–H groups in total. The summed E-state index contributed by atoms with van der Waals surface area (Å²) < 4.78 is 23.2. The van der Waals surface area contributed by atoms with Crippen molar-refractivity contribution in [2.24, 2.45) is 0 Å². The molecule has 0 aliphatic rings. The smallest absolute Gasteiger partial charge is 0.175 e. The molecule has 3 nitrogen and oxygen atoms in total. The monoisotopic (exact) mass is 329 g/mol. The van der Waals surface area contributed by atoms with Gasteiger partial charge in [-0.15, -0.1) is 11.3 Å². The second-order valence-corrected chi connectivity index (χ2v) is 8.47. The molecule has 20 heavy (non-hydrogen) atoms. The highest BCUT2D eigenvalue weighted by Crippen LogP contribution is 2.31. The lowest BCUT2D eigenvalue weighted by Gasteiger charge is -2.15. The maximum absolute atomic E-state index is 11.6. The Morgan fingerprint density at radius 1 is 1.25 bits per heavy atom. The topological polar surface area (TPSA) is 46.2 Å². The second-order valence-electron chi connectivity index (χ2n) is 4.73. The van der Waals surface area contributed by atoms with Gasteiger partial charge < -0.3 is 5.32 Å². The quantitative estimate of drug-likeness (QED) is 0.910. The third-order valence-corrected chi connectivity index (χ3v) is 5.55. The third-order valence-electron chi connectivity index (χ3n) is 2.93. The molecule has 0 spiro atoms. The lowest BCUT2D eigenvalue weighted by molar-refractivity contribution is 0.602. The molecule has 0 saturated carbocycles. The minimum absolute atomic E-state index is 0.0704. The minimum Gasteiger partial charge on any atom is -0.376 e. The van der Waals surface area contributed by atoms with Crippen LogP contribution in [0.2, 0.25) is 5.02 Å². The average Bonchev–Trinajstić information content (AvgIpc) is 2.77. The maximum atomic E-state index is 11.6. The summed E-state index contributed by atoms with van der Waals surface area (Å²) in [6.07, 6.45) is 1.19. The zero-order chi connectivity index (χ0) is 14.9. The summed E-state index contributed by atoms with van der Waals surface area (Å²) in [5.41, 5.74) is 0.633. The number of nitrogens with one attached hydrogen (secondary N) is 1. The first-order chi connectivity index (χ1) is 9.27. The van der Waals surface area contributed by atoms with Gasteiger partial charge in [0.05, 0.1) is 21.6 Å². The molecule has 1 atom stereocenters. The highest BCUT2D eigenvalue weighted by atomic mass is 35.5. The number of halogens is 1. The molecule has 0 aliphatic carbocycles. The van der Waals surface area contributed by atoms with Gasteiger partial charge >= 0.3 is 0 Å². The van der Waals surface area contributed by atoms with E-state index in [1.807, 2.05) is 6.92 Å². The van der Waals surface area contributed by atoms with Crippen LogP contribution in [-0.2, 0) is 9.84 Å². The number of aryl methyl sites for hydroxylation is 1. The predicted molar refractivity (Wildman–Crippen MR) is 85.7 cm³/mol. The van der Waals surface area contributed by atoms with Crippen LogP contribution in [0.4, 0.5) is 5.69 Å². The van der Waals surface area contributed by atoms with E-state index in [2.05, 4.69) is 24.4 Å². The van der Waals surface area contributed by atoms with Crippen molar-refractivity contribution in [3.8, 4) is 0 Å². The molecule has 1 aromatic carbocycles. The predicted octanol–water partition coefficient (Wildman–Crippen LogP) is 4.29. The normalized spacial score (nSPS) is 13.2. The van der Waals surface area contributed by atoms with Crippen LogP contribution in [0.25, 0.3) is 0 Å². The Balaban J connectivity index is 2.29. The molecule has 0 bridgehead atoms. The minimum atomic E-state index is -3.23. The van der Waals surface area contributed by atoms with Crippen LogP contribution in [0.1, 0.15) is 22.7 Å². The van der Waals surface area contributed by atoms with Gasteiger partial charge in [-0.25, -0.2) is 8.42 Å². The molecular formula is C14H16ClNO2S2. The van der Waals surface area contributed by atoms with E-state index in [4.69, 9.17) is 11.6 Å². The summed E-state index contributed by atoms with van der Waals surface area (Å²) >= 11 is 7.84. The van der Waals surface area contributed by atoms with Gasteiger partial charge in [0.15, 0.2) is 9.84 Å². The summed E-state index contributed by atoms with van der Waals surface area (Å²) in [7, 11) is -3.23. The molecule has 2 rings (SSSR count). The van der Waals surface area contributed by atoms with Crippen LogP contribution in [-0.4, -0.2) is 14.7 Å². The van der Waals surface area contributed by atoms with Crippen LogP contribution < -0.4 is 5.32 Å². The standard InChI is InChI=1S/C14H16ClNO2S2/c1-9-4-7-14(19-9)10(2)16-13-8-11(20(3,17)18)5-6-12(13)15/h4-8,10,16H,1-3H3. The van der Waals surface area contributed by atoms with Crippen molar-refractivity contribution >= 4 is 38.5 Å². The maximum Gasteiger partial charge on any atom is 0.175 e. The number of hydrogen-bond donors (Lipinski definition) is 1. The Labute approximate surface area is 128 Å². The Bertz CT molecular complexity index is 723. The molecule has 1 unspecified atom stereocenters. The molecule has 0 amide bonds. The zero-order valence-electron chi connectivity index (χ0n) is 11.5. The van der Waals surface area contributed by atoms with Crippen LogP contribution >= 0.6 is 22.9 Å². The van der Waals surface area contributed by atoms with Crippen molar-refractivity contribution in [2.75, 3.05) is 11.6 Å². The van der Waals surface area contributed by atoms with E-state index >= 15 is 0 Å². The molecule has 0 aliphatic heterocycles. The van der Waals surface area contributed by atoms with Crippen molar-refractivity contribution < 1.29 is 8.42 Å². The number of hydrogen-bond acceptors (Lipinski definition) is 4. The fraction of sp³-hybridized carbons (Fsp3) is 0.286. The average molecular weight is 330 g/mol. The Morgan fingerprint density at radius 3 is 2.50 bits per heavy atom. The largest absolute Gasteiger partial charge is 0.376 e. The molecule has 1 aromatic heterocycles. The summed E-state index contributed by atoms with van der Waals surface area (Å²) in [6.45, 7) is 4.08. The van der Waals surface area contributed by atoms with Gasteiger partial charge in [0, 0.05) is 16.0 Å². The first-order valence-corrected chi connectivity index (χ1v) is 9.18. The van der Waals surface area contributed by atoms with Gasteiger partial charge in [-0.3, -0.25) is 0 Å². The van der Waals surface area contributed by atoms with Crippen molar-refractivity contribution in [1.29, 1.82) is 0 Å². The zero-order valence-corrected chi connectivity index (χ0v) is 13.9. The molecule has 108 valence electrons. The first-order valence-electron chi connectivity index (χ1n) is 6.10. The lowest BCUT2D eigenvalue weighted by Crippen LogP contribution is -2.06. The van der Waals surface area contributed by atoms with Crippen molar-refractivity contribution in [3.05, 3.63) is 45.1 Å². The number of benzene rings is 1. The van der Waals surface area contributed by atoms with Gasteiger partial charge in [0.2, 0.25) is 0 Å². The van der Waals surface area contributed by atoms with Crippen molar-refractivity contribution in [3.63, 3.8) is 0 Å². The second kappa shape index (κ2) is 5.76. The molecule has 6 heteroatoms. The van der Waals surface area contributed by atoms with Gasteiger partial charge in [-0.1, -0.05) is 11.6 Å². The Morgan fingerprint density at radius 2 is 1.95 bits per heavy atom. The fourth-order valence-electron chi connectivity index (χ4n) is 1.84. The molecular weight excluding hydrogens is 314 g/mol. The number of anilines is 1. The molecule has 0 saturated heterocycles. The molecule has 1 heterocycles. The van der Waals surface area contributed by atoms with E-state index in [0.717, 1.165) is 0 Å². The van der Waals surface area contributed by atoms with Crippen LogP contribution in [0.15, 0.2) is 35.2 Å². The number of thiophene rings is 1. The summed E-state index contributed by atoms with van der Waals surface area (Å²) in [6, 6.07) is 8.89. The Kier molecular flexibility index (Phi) is 4.42. The van der Waals surface area contributed by atoms with E-state index in [1.165, 1.54) is 22.1 Å². The van der Waals surface area contributed by atoms with Gasteiger partial charge in [0.1, 0.15) is 0 Å². The summed E-state index contributed by atoms with van der Waals surface area (Å²) in [5, 5.41) is 3.78. The molecule has 0 fully saturated rings. The van der Waals surface area contributed by atoms with Crippen LogP contribution in [0.3, 0.4) is 0 Å². The van der Waals surface area contributed by atoms with E-state index in [0.29, 0.717) is 10.7 Å². The molecule has 2 aromatic rings. The summed E-state index contributed by atoms with van der Waals surface area (Å²) in [5.74, 6) is 0. The Hall–Kier alpha value is -1.04. The van der Waals surface area contributed by atoms with E-state index in [1.54, 1.807) is 23.5 Å². The SMILES string of the molecule is Cc1ccc(C(C)Nc2cc(S(C)(=O)=O)ccc2Cl)s1. The van der Waals surface area contributed by atoms with Crippen LogP contribution in [0, 0.1) is 6.92 Å². The van der Waals surface area contributed by atoms with Gasteiger partial charge in [-0.05, 0) is 44.2 Å².